The molecule has 1 aromatic heterocycles. The first-order valence-electron chi connectivity index (χ1n) is 9.23. The molecule has 2 aromatic carbocycles. The summed E-state index contributed by atoms with van der Waals surface area (Å²) in [5.74, 6) is 2.36. The van der Waals surface area contributed by atoms with Crippen molar-refractivity contribution >= 4 is 39.4 Å². The molecular weight excluding hydrogens is 428 g/mol. The number of benzene rings is 2. The predicted molar refractivity (Wildman–Crippen MR) is 114 cm³/mol. The molecule has 0 bridgehead atoms. The van der Waals surface area contributed by atoms with Crippen molar-refractivity contribution in [1.82, 2.24) is 9.55 Å². The molecule has 1 unspecified atom stereocenters. The van der Waals surface area contributed by atoms with Gasteiger partial charge in [-0.1, -0.05) is 37.1 Å². The van der Waals surface area contributed by atoms with E-state index < -0.39 is 6.10 Å². The van der Waals surface area contributed by atoms with E-state index >= 15 is 0 Å². The SMILES string of the molecule is Cl.OC(COc1ccccc1Br)Cn1c(C2CCCC2)nc2ccccc21. The second kappa shape index (κ2) is 9.09. The Morgan fingerprint density at radius 1 is 1.11 bits per heavy atom. The van der Waals surface area contributed by atoms with Gasteiger partial charge in [0.25, 0.3) is 0 Å². The van der Waals surface area contributed by atoms with Crippen LogP contribution in [0, 0.1) is 0 Å². The Labute approximate surface area is 174 Å². The topological polar surface area (TPSA) is 47.3 Å². The highest BCUT2D eigenvalue weighted by Gasteiger charge is 2.24. The molecule has 0 aliphatic heterocycles. The average molecular weight is 452 g/mol. The summed E-state index contributed by atoms with van der Waals surface area (Å²) in [6.45, 7) is 0.746. The van der Waals surface area contributed by atoms with Gasteiger partial charge in [0.15, 0.2) is 0 Å². The molecule has 1 atom stereocenters. The van der Waals surface area contributed by atoms with Crippen LogP contribution in [-0.4, -0.2) is 27.4 Å². The van der Waals surface area contributed by atoms with Crippen LogP contribution in [0.25, 0.3) is 11.0 Å². The Morgan fingerprint density at radius 3 is 2.59 bits per heavy atom. The standard InChI is InChI=1S/C21H23BrN2O2.ClH/c22-17-9-3-6-12-20(17)26-14-16(25)13-24-19-11-5-4-10-18(19)23-21(24)15-7-1-2-8-15;/h3-6,9-12,15-16,25H,1-2,7-8,13-14H2;1H. The average Bonchev–Trinajstić information content (AvgIpc) is 3.29. The van der Waals surface area contributed by atoms with Crippen molar-refractivity contribution in [2.24, 2.45) is 0 Å². The van der Waals surface area contributed by atoms with Crippen LogP contribution in [0.2, 0.25) is 0 Å². The number of aromatic nitrogens is 2. The predicted octanol–water partition coefficient (Wildman–Crippen LogP) is 5.32. The number of para-hydroxylation sites is 3. The molecule has 1 aliphatic rings. The molecule has 0 amide bonds. The number of ether oxygens (including phenoxy) is 1. The van der Waals surface area contributed by atoms with E-state index in [0.29, 0.717) is 12.5 Å². The number of hydrogen-bond acceptors (Lipinski definition) is 3. The molecule has 0 radical (unpaired) electrons. The van der Waals surface area contributed by atoms with E-state index in [1.54, 1.807) is 0 Å². The van der Waals surface area contributed by atoms with Crippen LogP contribution in [0.5, 0.6) is 5.75 Å². The molecule has 0 spiro atoms. The zero-order chi connectivity index (χ0) is 17.9. The van der Waals surface area contributed by atoms with Crippen molar-refractivity contribution in [3.8, 4) is 5.75 Å². The number of aliphatic hydroxyl groups excluding tert-OH is 1. The lowest BCUT2D eigenvalue weighted by Crippen LogP contribution is -2.25. The van der Waals surface area contributed by atoms with Crippen LogP contribution < -0.4 is 4.74 Å². The van der Waals surface area contributed by atoms with Crippen molar-refractivity contribution < 1.29 is 9.84 Å². The molecular formula is C21H24BrClN2O2. The number of nitrogens with zero attached hydrogens (tertiary/aromatic N) is 2. The van der Waals surface area contributed by atoms with Gasteiger partial charge >= 0.3 is 0 Å². The number of hydrogen-bond donors (Lipinski definition) is 1. The minimum Gasteiger partial charge on any atom is -0.490 e. The summed E-state index contributed by atoms with van der Waals surface area (Å²) < 4.78 is 8.88. The molecule has 4 rings (SSSR count). The number of fused-ring (bicyclic) bond motifs is 1. The fourth-order valence-electron chi connectivity index (χ4n) is 3.79. The van der Waals surface area contributed by atoms with Crippen molar-refractivity contribution in [1.29, 1.82) is 0 Å². The zero-order valence-corrected chi connectivity index (χ0v) is 17.5. The van der Waals surface area contributed by atoms with Crippen molar-refractivity contribution in [3.05, 3.63) is 58.8 Å². The number of halogens is 2. The molecule has 1 saturated carbocycles. The van der Waals surface area contributed by atoms with Gasteiger partial charge in [-0.05, 0) is 53.0 Å². The lowest BCUT2D eigenvalue weighted by molar-refractivity contribution is 0.0920. The van der Waals surface area contributed by atoms with Crippen LogP contribution in [-0.2, 0) is 6.54 Å². The molecule has 1 aliphatic carbocycles. The smallest absolute Gasteiger partial charge is 0.133 e. The number of rotatable bonds is 6. The summed E-state index contributed by atoms with van der Waals surface area (Å²) in [5, 5.41) is 10.6. The van der Waals surface area contributed by atoms with Gasteiger partial charge in [0.05, 0.1) is 22.1 Å². The van der Waals surface area contributed by atoms with Gasteiger partial charge in [-0.15, -0.1) is 12.4 Å². The third-order valence-electron chi connectivity index (χ3n) is 5.07. The number of imidazole rings is 1. The van der Waals surface area contributed by atoms with E-state index in [2.05, 4.69) is 26.6 Å². The minimum atomic E-state index is -0.597. The second-order valence-electron chi connectivity index (χ2n) is 6.95. The zero-order valence-electron chi connectivity index (χ0n) is 15.1. The van der Waals surface area contributed by atoms with Crippen LogP contribution in [0.3, 0.4) is 0 Å². The highest BCUT2D eigenvalue weighted by molar-refractivity contribution is 9.10. The first-order chi connectivity index (χ1) is 12.7. The van der Waals surface area contributed by atoms with Crippen LogP contribution in [0.15, 0.2) is 53.0 Å². The van der Waals surface area contributed by atoms with Gasteiger partial charge in [-0.3, -0.25) is 0 Å². The minimum absolute atomic E-state index is 0. The van der Waals surface area contributed by atoms with Crippen LogP contribution >= 0.6 is 28.3 Å². The third-order valence-corrected chi connectivity index (χ3v) is 5.72. The molecule has 144 valence electrons. The highest BCUT2D eigenvalue weighted by atomic mass is 79.9. The highest BCUT2D eigenvalue weighted by Crippen LogP contribution is 2.35. The Bertz CT molecular complexity index is 893. The first kappa shape index (κ1) is 20.2. The molecule has 1 heterocycles. The van der Waals surface area contributed by atoms with Gasteiger partial charge < -0.3 is 14.4 Å². The lowest BCUT2D eigenvalue weighted by atomic mass is 10.1. The second-order valence-corrected chi connectivity index (χ2v) is 7.80. The summed E-state index contributed by atoms with van der Waals surface area (Å²) in [4.78, 5) is 4.88. The maximum absolute atomic E-state index is 10.6. The van der Waals surface area contributed by atoms with E-state index in [1.165, 1.54) is 25.7 Å². The monoisotopic (exact) mass is 450 g/mol. The molecule has 4 nitrogen and oxygen atoms in total. The Morgan fingerprint density at radius 2 is 1.81 bits per heavy atom. The number of aliphatic hydroxyl groups is 1. The van der Waals surface area contributed by atoms with E-state index in [4.69, 9.17) is 9.72 Å². The largest absolute Gasteiger partial charge is 0.490 e. The summed E-state index contributed by atoms with van der Waals surface area (Å²) in [6, 6.07) is 15.9. The van der Waals surface area contributed by atoms with Gasteiger partial charge in [0.2, 0.25) is 0 Å². The molecule has 6 heteroatoms. The van der Waals surface area contributed by atoms with Crippen molar-refractivity contribution in [2.75, 3.05) is 6.61 Å². The third kappa shape index (κ3) is 4.48. The van der Waals surface area contributed by atoms with E-state index in [0.717, 1.165) is 27.1 Å². The van der Waals surface area contributed by atoms with Gasteiger partial charge in [-0.25, -0.2) is 4.98 Å². The Hall–Kier alpha value is -1.56. The first-order valence-corrected chi connectivity index (χ1v) is 10.0. The van der Waals surface area contributed by atoms with Crippen LogP contribution in [0.1, 0.15) is 37.4 Å². The van der Waals surface area contributed by atoms with E-state index in [9.17, 15) is 5.11 Å². The fraction of sp³-hybridized carbons (Fsp3) is 0.381. The maximum atomic E-state index is 10.6. The Kier molecular flexibility index (Phi) is 6.79. The Balaban J connectivity index is 0.00000210. The summed E-state index contributed by atoms with van der Waals surface area (Å²) in [5.41, 5.74) is 2.10. The molecule has 0 saturated heterocycles. The molecule has 1 fully saturated rings. The lowest BCUT2D eigenvalue weighted by Gasteiger charge is -2.18. The molecule has 3 aromatic rings. The normalized spacial score (nSPS) is 15.6. The molecule has 27 heavy (non-hydrogen) atoms. The van der Waals surface area contributed by atoms with Gasteiger partial charge in [0, 0.05) is 5.92 Å². The maximum Gasteiger partial charge on any atom is 0.133 e. The summed E-state index contributed by atoms with van der Waals surface area (Å²) >= 11 is 3.47. The van der Waals surface area contributed by atoms with E-state index in [1.807, 2.05) is 42.5 Å². The summed E-state index contributed by atoms with van der Waals surface area (Å²) in [7, 11) is 0. The quantitative estimate of drug-likeness (QED) is 0.552. The van der Waals surface area contributed by atoms with Crippen molar-refractivity contribution in [2.45, 2.75) is 44.2 Å². The van der Waals surface area contributed by atoms with Crippen molar-refractivity contribution in [3.63, 3.8) is 0 Å². The molecule has 1 N–H and O–H groups in total. The van der Waals surface area contributed by atoms with E-state index in [-0.39, 0.29) is 19.0 Å². The summed E-state index contributed by atoms with van der Waals surface area (Å²) in [6.07, 6.45) is 4.31. The fourth-order valence-corrected chi connectivity index (χ4v) is 4.19. The van der Waals surface area contributed by atoms with Gasteiger partial charge in [0.1, 0.15) is 24.3 Å². The van der Waals surface area contributed by atoms with Crippen LogP contribution in [0.4, 0.5) is 0 Å². The van der Waals surface area contributed by atoms with Gasteiger partial charge in [-0.2, -0.15) is 0 Å².